The van der Waals surface area contributed by atoms with Crippen LogP contribution in [-0.4, -0.2) is 21.6 Å². The highest BCUT2D eigenvalue weighted by Gasteiger charge is 2.08. The van der Waals surface area contributed by atoms with Gasteiger partial charge in [-0.15, -0.1) is 0 Å². The summed E-state index contributed by atoms with van der Waals surface area (Å²) in [6.07, 6.45) is 1.98. The molecule has 1 heterocycles. The van der Waals surface area contributed by atoms with Gasteiger partial charge in [-0.25, -0.2) is 9.97 Å². The van der Waals surface area contributed by atoms with Gasteiger partial charge in [-0.05, 0) is 42.3 Å². The minimum absolute atomic E-state index is 0.0533. The molecule has 2 aromatic carbocycles. The number of thioether (sulfide) groups is 1. The molecule has 0 saturated carbocycles. The van der Waals surface area contributed by atoms with E-state index in [4.69, 9.17) is 0 Å². The summed E-state index contributed by atoms with van der Waals surface area (Å²) in [5.74, 6) is 0.240. The second-order valence-corrected chi connectivity index (χ2v) is 6.87. The summed E-state index contributed by atoms with van der Waals surface area (Å²) < 4.78 is 0. The van der Waals surface area contributed by atoms with Crippen LogP contribution in [0, 0.1) is 6.92 Å². The van der Waals surface area contributed by atoms with Gasteiger partial charge in [0.1, 0.15) is 0 Å². The van der Waals surface area contributed by atoms with Crippen LogP contribution < -0.4 is 5.32 Å². The highest BCUT2D eigenvalue weighted by molar-refractivity contribution is 7.99. The van der Waals surface area contributed by atoms with Crippen molar-refractivity contribution in [3.05, 3.63) is 59.9 Å². The number of anilines is 1. The number of aryl methyl sites for hydroxylation is 2. The van der Waals surface area contributed by atoms with Crippen molar-refractivity contribution in [2.45, 2.75) is 31.8 Å². The lowest BCUT2D eigenvalue weighted by molar-refractivity contribution is -0.113. The number of amides is 1. The van der Waals surface area contributed by atoms with E-state index in [2.05, 4.69) is 28.3 Å². The third-order valence-corrected chi connectivity index (χ3v) is 4.61. The van der Waals surface area contributed by atoms with E-state index in [0.717, 1.165) is 40.7 Å². The highest BCUT2D eigenvalue weighted by atomic mass is 32.2. The zero-order valence-corrected chi connectivity index (χ0v) is 15.3. The Morgan fingerprint density at radius 3 is 2.68 bits per heavy atom. The minimum atomic E-state index is -0.0533. The maximum absolute atomic E-state index is 12.2. The van der Waals surface area contributed by atoms with Crippen molar-refractivity contribution >= 4 is 34.1 Å². The average molecular weight is 351 g/mol. The van der Waals surface area contributed by atoms with E-state index < -0.39 is 0 Å². The van der Waals surface area contributed by atoms with Gasteiger partial charge < -0.3 is 5.32 Å². The van der Waals surface area contributed by atoms with Gasteiger partial charge in [-0.1, -0.05) is 55.4 Å². The van der Waals surface area contributed by atoms with Gasteiger partial charge >= 0.3 is 0 Å². The Balaban J connectivity index is 1.62. The third-order valence-electron chi connectivity index (χ3n) is 3.76. The number of carbonyl (C=O) groups excluding carboxylic acids is 1. The Labute approximate surface area is 152 Å². The maximum atomic E-state index is 12.2. The lowest BCUT2D eigenvalue weighted by Gasteiger charge is -2.07. The van der Waals surface area contributed by atoms with Gasteiger partial charge in [-0.3, -0.25) is 4.79 Å². The summed E-state index contributed by atoms with van der Waals surface area (Å²) in [4.78, 5) is 21.2. The zero-order chi connectivity index (χ0) is 17.6. The summed E-state index contributed by atoms with van der Waals surface area (Å²) in [6, 6.07) is 16.0. The molecule has 0 spiro atoms. The average Bonchev–Trinajstić information content (AvgIpc) is 2.60. The number of benzene rings is 2. The van der Waals surface area contributed by atoms with E-state index in [1.165, 1.54) is 11.8 Å². The molecule has 0 aliphatic carbocycles. The minimum Gasteiger partial charge on any atom is -0.325 e. The van der Waals surface area contributed by atoms with Crippen LogP contribution in [0.5, 0.6) is 0 Å². The Bertz CT molecular complexity index is 895. The van der Waals surface area contributed by atoms with E-state index in [1.807, 2.05) is 49.4 Å². The standard InChI is InChI=1S/C20H21N3OS/c1-3-6-17-11-14(2)21-20(23-17)25-13-19(24)22-18-10-9-15-7-4-5-8-16(15)12-18/h4-5,7-12H,3,6,13H2,1-2H3,(H,22,24). The second-order valence-electron chi connectivity index (χ2n) is 5.93. The van der Waals surface area contributed by atoms with Crippen molar-refractivity contribution < 1.29 is 4.79 Å². The Kier molecular flexibility index (Phi) is 5.66. The second kappa shape index (κ2) is 8.12. The Hall–Kier alpha value is -2.40. The maximum Gasteiger partial charge on any atom is 0.234 e. The van der Waals surface area contributed by atoms with Crippen LogP contribution in [-0.2, 0) is 11.2 Å². The molecule has 1 amide bonds. The Morgan fingerprint density at radius 2 is 1.88 bits per heavy atom. The van der Waals surface area contributed by atoms with Crippen LogP contribution in [0.3, 0.4) is 0 Å². The van der Waals surface area contributed by atoms with Crippen molar-refractivity contribution in [3.8, 4) is 0 Å². The molecule has 3 rings (SSSR count). The van der Waals surface area contributed by atoms with Crippen LogP contribution in [0.15, 0.2) is 53.7 Å². The summed E-state index contributed by atoms with van der Waals surface area (Å²) >= 11 is 1.37. The molecule has 25 heavy (non-hydrogen) atoms. The molecule has 1 aromatic heterocycles. The van der Waals surface area contributed by atoms with E-state index in [1.54, 1.807) is 0 Å². The third kappa shape index (κ3) is 4.79. The largest absolute Gasteiger partial charge is 0.325 e. The lowest BCUT2D eigenvalue weighted by atomic mass is 10.1. The van der Waals surface area contributed by atoms with E-state index in [-0.39, 0.29) is 5.91 Å². The van der Waals surface area contributed by atoms with Gasteiger partial charge in [0.25, 0.3) is 0 Å². The molecule has 0 radical (unpaired) electrons. The molecule has 0 aliphatic rings. The fourth-order valence-electron chi connectivity index (χ4n) is 2.65. The fraction of sp³-hybridized carbons (Fsp3) is 0.250. The molecular weight excluding hydrogens is 330 g/mol. The summed E-state index contributed by atoms with van der Waals surface area (Å²) in [5, 5.41) is 5.88. The smallest absolute Gasteiger partial charge is 0.234 e. The normalized spacial score (nSPS) is 10.8. The number of fused-ring (bicyclic) bond motifs is 1. The molecule has 4 nitrogen and oxygen atoms in total. The molecular formula is C20H21N3OS. The SMILES string of the molecule is CCCc1cc(C)nc(SCC(=O)Nc2ccc3ccccc3c2)n1. The molecule has 0 aliphatic heterocycles. The fourth-order valence-corrected chi connectivity index (χ4v) is 3.37. The molecule has 0 bridgehead atoms. The summed E-state index contributed by atoms with van der Waals surface area (Å²) in [7, 11) is 0. The number of hydrogen-bond donors (Lipinski definition) is 1. The molecule has 5 heteroatoms. The van der Waals surface area contributed by atoms with Gasteiger partial charge in [0.05, 0.1) is 5.75 Å². The zero-order valence-electron chi connectivity index (χ0n) is 14.5. The number of nitrogens with one attached hydrogen (secondary N) is 1. The number of hydrogen-bond acceptors (Lipinski definition) is 4. The van der Waals surface area contributed by atoms with Crippen molar-refractivity contribution in [1.82, 2.24) is 9.97 Å². The predicted octanol–water partition coefficient (Wildman–Crippen LogP) is 4.62. The molecule has 0 fully saturated rings. The van der Waals surface area contributed by atoms with Crippen molar-refractivity contribution in [2.75, 3.05) is 11.1 Å². The summed E-state index contributed by atoms with van der Waals surface area (Å²) in [6.45, 7) is 4.08. The highest BCUT2D eigenvalue weighted by Crippen LogP contribution is 2.20. The topological polar surface area (TPSA) is 54.9 Å². The monoisotopic (exact) mass is 351 g/mol. The van der Waals surface area contributed by atoms with Crippen LogP contribution in [0.2, 0.25) is 0 Å². The van der Waals surface area contributed by atoms with E-state index >= 15 is 0 Å². The van der Waals surface area contributed by atoms with Gasteiger partial charge in [-0.2, -0.15) is 0 Å². The first kappa shape index (κ1) is 17.4. The van der Waals surface area contributed by atoms with Crippen molar-refractivity contribution in [3.63, 3.8) is 0 Å². The van der Waals surface area contributed by atoms with Crippen molar-refractivity contribution in [2.24, 2.45) is 0 Å². The van der Waals surface area contributed by atoms with E-state index in [0.29, 0.717) is 10.9 Å². The number of aromatic nitrogens is 2. The van der Waals surface area contributed by atoms with Gasteiger partial charge in [0, 0.05) is 17.1 Å². The number of carbonyl (C=O) groups is 1. The van der Waals surface area contributed by atoms with E-state index in [9.17, 15) is 4.79 Å². The molecule has 0 saturated heterocycles. The predicted molar refractivity (Wildman–Crippen MR) is 104 cm³/mol. The molecule has 0 unspecified atom stereocenters. The van der Waals surface area contributed by atoms with Crippen LogP contribution in [0.4, 0.5) is 5.69 Å². The summed E-state index contributed by atoms with van der Waals surface area (Å²) in [5.41, 5.74) is 2.78. The molecule has 0 atom stereocenters. The number of rotatable bonds is 6. The van der Waals surface area contributed by atoms with Crippen molar-refractivity contribution in [1.29, 1.82) is 0 Å². The Morgan fingerprint density at radius 1 is 1.08 bits per heavy atom. The first-order chi connectivity index (χ1) is 12.1. The quantitative estimate of drug-likeness (QED) is 0.520. The van der Waals surface area contributed by atoms with Gasteiger partial charge in [0.2, 0.25) is 5.91 Å². The van der Waals surface area contributed by atoms with Crippen LogP contribution in [0.25, 0.3) is 10.8 Å². The van der Waals surface area contributed by atoms with Gasteiger partial charge in [0.15, 0.2) is 5.16 Å². The molecule has 1 N–H and O–H groups in total. The number of nitrogens with zero attached hydrogens (tertiary/aromatic N) is 2. The molecule has 3 aromatic rings. The van der Waals surface area contributed by atoms with Crippen LogP contribution in [0.1, 0.15) is 24.7 Å². The first-order valence-electron chi connectivity index (χ1n) is 8.40. The van der Waals surface area contributed by atoms with Crippen LogP contribution >= 0.6 is 11.8 Å². The molecule has 128 valence electrons. The first-order valence-corrected chi connectivity index (χ1v) is 9.38. The lowest BCUT2D eigenvalue weighted by Crippen LogP contribution is -2.14.